The van der Waals surface area contributed by atoms with E-state index in [1.165, 1.54) is 12.1 Å². The molecule has 0 atom stereocenters. The van der Waals surface area contributed by atoms with Crippen LogP contribution in [0.4, 0.5) is 11.4 Å². The van der Waals surface area contributed by atoms with Gasteiger partial charge in [-0.15, -0.1) is 0 Å². The van der Waals surface area contributed by atoms with Crippen LogP contribution in [-0.4, -0.2) is 40.8 Å². The number of rotatable bonds is 9. The molecule has 170 valence electrons. The van der Waals surface area contributed by atoms with Gasteiger partial charge in [-0.25, -0.2) is 0 Å². The first-order valence-electron chi connectivity index (χ1n) is 10.4. The van der Waals surface area contributed by atoms with Gasteiger partial charge in [-0.1, -0.05) is 30.3 Å². The highest BCUT2D eigenvalue weighted by Crippen LogP contribution is 2.33. The van der Waals surface area contributed by atoms with E-state index in [1.54, 1.807) is 24.3 Å². The third kappa shape index (κ3) is 5.46. The Balaban J connectivity index is 1.41. The van der Waals surface area contributed by atoms with E-state index in [1.807, 2.05) is 30.3 Å². The number of benzene rings is 3. The molecule has 0 radical (unpaired) electrons. The van der Waals surface area contributed by atoms with Crippen molar-refractivity contribution in [3.8, 4) is 11.5 Å². The number of nitrogens with one attached hydrogen (secondary N) is 1. The number of nitro benzene ring substituents is 1. The molecule has 1 heterocycles. The van der Waals surface area contributed by atoms with Gasteiger partial charge in [-0.3, -0.25) is 19.8 Å². The monoisotopic (exact) mass is 449 g/mol. The molecule has 2 N–H and O–H groups in total. The van der Waals surface area contributed by atoms with E-state index in [0.29, 0.717) is 30.9 Å². The maximum atomic E-state index is 12.6. The number of amides is 1. The molecule has 3 aromatic rings. The molecular weight excluding hydrogens is 426 g/mol. The second-order valence-electron chi connectivity index (χ2n) is 7.55. The van der Waals surface area contributed by atoms with Gasteiger partial charge < -0.3 is 19.9 Å². The normalized spacial score (nSPS) is 12.1. The average molecular weight is 449 g/mol. The van der Waals surface area contributed by atoms with Crippen LogP contribution in [0, 0.1) is 10.1 Å². The van der Waals surface area contributed by atoms with Crippen LogP contribution in [0.2, 0.25) is 0 Å². The van der Waals surface area contributed by atoms with Gasteiger partial charge in [0.1, 0.15) is 5.69 Å². The van der Waals surface area contributed by atoms with E-state index in [9.17, 15) is 20.0 Å². The molecule has 0 unspecified atom stereocenters. The lowest BCUT2D eigenvalue weighted by molar-refractivity contribution is -0.383. The Kier molecular flexibility index (Phi) is 6.82. The molecule has 33 heavy (non-hydrogen) atoms. The van der Waals surface area contributed by atoms with E-state index in [2.05, 4.69) is 10.2 Å². The number of hydrogen-bond acceptors (Lipinski definition) is 7. The molecule has 1 aliphatic rings. The maximum absolute atomic E-state index is 12.6. The zero-order chi connectivity index (χ0) is 23.2. The summed E-state index contributed by atoms with van der Waals surface area (Å²) in [6, 6.07) is 18.8. The lowest BCUT2D eigenvalue weighted by atomic mass is 10.1. The van der Waals surface area contributed by atoms with Gasteiger partial charge >= 0.3 is 0 Å². The van der Waals surface area contributed by atoms with Crippen molar-refractivity contribution < 1.29 is 24.3 Å². The van der Waals surface area contributed by atoms with Gasteiger partial charge in [-0.2, -0.15) is 0 Å². The molecule has 9 heteroatoms. The van der Waals surface area contributed by atoms with Crippen LogP contribution in [0.5, 0.6) is 11.5 Å². The summed E-state index contributed by atoms with van der Waals surface area (Å²) in [6.45, 7) is 1.89. The summed E-state index contributed by atoms with van der Waals surface area (Å²) in [5, 5.41) is 23.2. The summed E-state index contributed by atoms with van der Waals surface area (Å²) in [7, 11) is 0. The van der Waals surface area contributed by atoms with Crippen molar-refractivity contribution in [1.82, 2.24) is 4.90 Å². The summed E-state index contributed by atoms with van der Waals surface area (Å²) in [4.78, 5) is 25.3. The zero-order valence-electron chi connectivity index (χ0n) is 17.8. The molecule has 0 spiro atoms. The number of anilines is 1. The van der Waals surface area contributed by atoms with Gasteiger partial charge in [0.05, 0.1) is 11.5 Å². The fourth-order valence-corrected chi connectivity index (χ4v) is 3.61. The summed E-state index contributed by atoms with van der Waals surface area (Å²) >= 11 is 0. The molecule has 0 bridgehead atoms. The second-order valence-corrected chi connectivity index (χ2v) is 7.55. The Labute approximate surface area is 190 Å². The predicted octanol–water partition coefficient (Wildman–Crippen LogP) is 3.57. The fourth-order valence-electron chi connectivity index (χ4n) is 3.61. The summed E-state index contributed by atoms with van der Waals surface area (Å²) in [6.07, 6.45) is 0. The number of nitrogens with zero attached hydrogens (tertiary/aromatic N) is 2. The van der Waals surface area contributed by atoms with Crippen molar-refractivity contribution in [2.75, 3.05) is 25.3 Å². The largest absolute Gasteiger partial charge is 0.454 e. The Hall–Kier alpha value is -3.95. The minimum atomic E-state index is -0.533. The highest BCUT2D eigenvalue weighted by Gasteiger charge is 2.17. The van der Waals surface area contributed by atoms with E-state index < -0.39 is 10.8 Å². The number of nitro groups is 1. The average Bonchev–Trinajstić information content (AvgIpc) is 3.28. The Morgan fingerprint density at radius 2 is 1.70 bits per heavy atom. The van der Waals surface area contributed by atoms with Crippen molar-refractivity contribution >= 4 is 17.3 Å². The highest BCUT2D eigenvalue weighted by atomic mass is 16.7. The van der Waals surface area contributed by atoms with Crippen LogP contribution in [0.3, 0.4) is 0 Å². The molecule has 0 fully saturated rings. The highest BCUT2D eigenvalue weighted by molar-refractivity contribution is 6.05. The molecule has 4 rings (SSSR count). The zero-order valence-corrected chi connectivity index (χ0v) is 17.8. The second kappa shape index (κ2) is 10.1. The van der Waals surface area contributed by atoms with Gasteiger partial charge in [0, 0.05) is 31.3 Å². The van der Waals surface area contributed by atoms with E-state index in [-0.39, 0.29) is 24.8 Å². The van der Waals surface area contributed by atoms with Crippen molar-refractivity contribution in [2.45, 2.75) is 13.1 Å². The number of aliphatic hydroxyl groups excluding tert-OH is 1. The fraction of sp³-hybridized carbons (Fsp3) is 0.208. The quantitative estimate of drug-likeness (QED) is 0.379. The smallest absolute Gasteiger partial charge is 0.292 e. The molecule has 0 aliphatic carbocycles. The molecule has 0 aromatic heterocycles. The number of para-hydroxylation sites is 2. The molecule has 0 saturated carbocycles. The van der Waals surface area contributed by atoms with Crippen LogP contribution >= 0.6 is 0 Å². The van der Waals surface area contributed by atoms with Crippen molar-refractivity contribution in [3.63, 3.8) is 0 Å². The Morgan fingerprint density at radius 1 is 1.00 bits per heavy atom. The van der Waals surface area contributed by atoms with Crippen LogP contribution in [0.15, 0.2) is 66.7 Å². The molecule has 9 nitrogen and oxygen atoms in total. The lowest BCUT2D eigenvalue weighted by Gasteiger charge is -2.22. The number of fused-ring (bicyclic) bond motifs is 1. The topological polar surface area (TPSA) is 114 Å². The first-order chi connectivity index (χ1) is 16.0. The lowest BCUT2D eigenvalue weighted by Crippen LogP contribution is -2.26. The third-order valence-electron chi connectivity index (χ3n) is 5.23. The molecule has 3 aromatic carbocycles. The first-order valence-corrected chi connectivity index (χ1v) is 10.4. The number of hydrogen-bond donors (Lipinski definition) is 2. The van der Waals surface area contributed by atoms with Crippen LogP contribution < -0.4 is 14.8 Å². The van der Waals surface area contributed by atoms with Crippen LogP contribution in [0.1, 0.15) is 21.5 Å². The number of carbonyl (C=O) groups excluding carboxylic acids is 1. The van der Waals surface area contributed by atoms with E-state index in [0.717, 1.165) is 16.9 Å². The van der Waals surface area contributed by atoms with Crippen molar-refractivity contribution in [1.29, 1.82) is 0 Å². The Bertz CT molecular complexity index is 1150. The van der Waals surface area contributed by atoms with Crippen molar-refractivity contribution in [3.05, 3.63) is 93.5 Å². The Morgan fingerprint density at radius 3 is 2.45 bits per heavy atom. The minimum absolute atomic E-state index is 0.0148. The third-order valence-corrected chi connectivity index (χ3v) is 5.23. The van der Waals surface area contributed by atoms with Gasteiger partial charge in [0.2, 0.25) is 6.79 Å². The van der Waals surface area contributed by atoms with Crippen molar-refractivity contribution in [2.24, 2.45) is 0 Å². The standard InChI is InChI=1S/C24H23N3O6/c28-12-11-26(15-18-7-10-22-23(13-18)33-16-32-22)14-17-5-8-19(9-6-17)24(29)25-20-3-1-2-4-21(20)27(30)31/h1-10,13,28H,11-12,14-16H2,(H,25,29). The molecule has 0 saturated heterocycles. The number of carbonyl (C=O) groups is 1. The molecule has 1 amide bonds. The van der Waals surface area contributed by atoms with Gasteiger partial charge in [-0.05, 0) is 41.5 Å². The summed E-state index contributed by atoms with van der Waals surface area (Å²) < 4.78 is 10.8. The van der Waals surface area contributed by atoms with Gasteiger partial charge in [0.15, 0.2) is 11.5 Å². The van der Waals surface area contributed by atoms with Crippen LogP contribution in [-0.2, 0) is 13.1 Å². The van der Waals surface area contributed by atoms with Gasteiger partial charge in [0.25, 0.3) is 11.6 Å². The molecule has 1 aliphatic heterocycles. The predicted molar refractivity (Wildman–Crippen MR) is 121 cm³/mol. The maximum Gasteiger partial charge on any atom is 0.292 e. The number of ether oxygens (including phenoxy) is 2. The van der Waals surface area contributed by atoms with Crippen LogP contribution in [0.25, 0.3) is 0 Å². The van der Waals surface area contributed by atoms with E-state index in [4.69, 9.17) is 9.47 Å². The first kappa shape index (κ1) is 22.3. The van der Waals surface area contributed by atoms with E-state index >= 15 is 0 Å². The minimum Gasteiger partial charge on any atom is -0.454 e. The summed E-state index contributed by atoms with van der Waals surface area (Å²) in [5.41, 5.74) is 2.38. The molecular formula is C24H23N3O6. The number of aliphatic hydroxyl groups is 1. The summed E-state index contributed by atoms with van der Waals surface area (Å²) in [5.74, 6) is 1.01. The SMILES string of the molecule is O=C(Nc1ccccc1[N+](=O)[O-])c1ccc(CN(CCO)Cc2ccc3c(c2)OCO3)cc1.